The zero-order chi connectivity index (χ0) is 17.2. The van der Waals surface area contributed by atoms with E-state index in [2.05, 4.69) is 22.4 Å². The van der Waals surface area contributed by atoms with Gasteiger partial charge in [0.15, 0.2) is 6.61 Å². The Balaban J connectivity index is 1.70. The Kier molecular flexibility index (Phi) is 7.61. The first kappa shape index (κ1) is 18.3. The topological polar surface area (TPSA) is 77.2 Å². The van der Waals surface area contributed by atoms with Crippen LogP contribution in [0.4, 0.5) is 0 Å². The summed E-state index contributed by atoms with van der Waals surface area (Å²) < 4.78 is 11.1. The van der Waals surface area contributed by atoms with E-state index in [0.29, 0.717) is 17.7 Å². The van der Waals surface area contributed by atoms with Crippen LogP contribution in [0.15, 0.2) is 33.9 Å². The number of rotatable bonds is 10. The Morgan fingerprint density at radius 3 is 3.00 bits per heavy atom. The SMILES string of the molecule is CCCCCNC(=O)CSc1nnc(COc2cccc(C)c2)o1. The number of benzene rings is 1. The minimum atomic E-state index is -0.0214. The number of aromatic nitrogens is 2. The molecule has 0 fully saturated rings. The van der Waals surface area contributed by atoms with E-state index in [4.69, 9.17) is 9.15 Å². The van der Waals surface area contributed by atoms with Crippen LogP contribution >= 0.6 is 11.8 Å². The maximum atomic E-state index is 11.7. The van der Waals surface area contributed by atoms with Crippen molar-refractivity contribution in [3.8, 4) is 5.75 Å². The summed E-state index contributed by atoms with van der Waals surface area (Å²) in [5.74, 6) is 1.40. The first-order valence-corrected chi connectivity index (χ1v) is 9.07. The maximum absolute atomic E-state index is 11.7. The van der Waals surface area contributed by atoms with E-state index in [1.54, 1.807) is 0 Å². The van der Waals surface area contributed by atoms with Crippen LogP contribution in [0.1, 0.15) is 37.6 Å². The van der Waals surface area contributed by atoms with Crippen LogP contribution in [0.3, 0.4) is 0 Å². The number of carbonyl (C=O) groups excluding carboxylic acids is 1. The molecule has 0 saturated carbocycles. The molecule has 0 atom stereocenters. The average molecular weight is 349 g/mol. The quantitative estimate of drug-likeness (QED) is 0.523. The van der Waals surface area contributed by atoms with Crippen molar-refractivity contribution < 1.29 is 13.9 Å². The minimum absolute atomic E-state index is 0.0214. The molecular formula is C17H23N3O3S. The normalized spacial score (nSPS) is 10.6. The lowest BCUT2D eigenvalue weighted by Crippen LogP contribution is -2.26. The van der Waals surface area contributed by atoms with E-state index in [1.165, 1.54) is 11.8 Å². The number of ether oxygens (including phenoxy) is 1. The number of nitrogens with one attached hydrogen (secondary N) is 1. The van der Waals surface area contributed by atoms with Crippen LogP contribution in [0.5, 0.6) is 5.75 Å². The molecule has 1 amide bonds. The van der Waals surface area contributed by atoms with Crippen molar-refractivity contribution in [2.75, 3.05) is 12.3 Å². The summed E-state index contributed by atoms with van der Waals surface area (Å²) in [5, 5.41) is 11.1. The molecule has 7 heteroatoms. The number of amides is 1. The molecule has 1 aromatic heterocycles. The van der Waals surface area contributed by atoms with Gasteiger partial charge in [-0.05, 0) is 31.0 Å². The minimum Gasteiger partial charge on any atom is -0.484 e. The first-order valence-electron chi connectivity index (χ1n) is 8.08. The molecule has 0 saturated heterocycles. The monoisotopic (exact) mass is 349 g/mol. The van der Waals surface area contributed by atoms with E-state index in [-0.39, 0.29) is 18.3 Å². The molecule has 1 N–H and O–H groups in total. The Morgan fingerprint density at radius 1 is 1.33 bits per heavy atom. The molecule has 1 aromatic carbocycles. The molecule has 130 valence electrons. The van der Waals surface area contributed by atoms with Gasteiger partial charge in [-0.2, -0.15) is 0 Å². The number of unbranched alkanes of at least 4 members (excludes halogenated alkanes) is 2. The highest BCUT2D eigenvalue weighted by molar-refractivity contribution is 7.99. The van der Waals surface area contributed by atoms with Gasteiger partial charge in [-0.1, -0.05) is 43.7 Å². The molecule has 2 rings (SSSR count). The fourth-order valence-corrected chi connectivity index (χ4v) is 2.60. The molecule has 0 unspecified atom stereocenters. The van der Waals surface area contributed by atoms with Crippen LogP contribution < -0.4 is 10.1 Å². The fraction of sp³-hybridized carbons (Fsp3) is 0.471. The summed E-state index contributed by atoms with van der Waals surface area (Å²) >= 11 is 1.23. The van der Waals surface area contributed by atoms with Crippen molar-refractivity contribution in [2.45, 2.75) is 44.9 Å². The molecule has 0 radical (unpaired) electrons. The van der Waals surface area contributed by atoms with Crippen molar-refractivity contribution in [3.05, 3.63) is 35.7 Å². The molecule has 0 aliphatic carbocycles. The summed E-state index contributed by atoms with van der Waals surface area (Å²) in [4.78, 5) is 11.7. The van der Waals surface area contributed by atoms with Crippen molar-refractivity contribution in [2.24, 2.45) is 0 Å². The second-order valence-corrected chi connectivity index (χ2v) is 6.34. The van der Waals surface area contributed by atoms with Crippen LogP contribution in [-0.4, -0.2) is 28.4 Å². The summed E-state index contributed by atoms with van der Waals surface area (Å²) in [6.07, 6.45) is 3.27. The highest BCUT2D eigenvalue weighted by atomic mass is 32.2. The molecule has 1 heterocycles. The second-order valence-electron chi connectivity index (χ2n) is 5.41. The van der Waals surface area contributed by atoms with Crippen LogP contribution in [0.2, 0.25) is 0 Å². The third-order valence-electron chi connectivity index (χ3n) is 3.23. The van der Waals surface area contributed by atoms with Gasteiger partial charge in [-0.15, -0.1) is 10.2 Å². The van der Waals surface area contributed by atoms with Gasteiger partial charge in [0.1, 0.15) is 5.75 Å². The number of carbonyl (C=O) groups is 1. The van der Waals surface area contributed by atoms with Gasteiger partial charge in [0.2, 0.25) is 5.91 Å². The Morgan fingerprint density at radius 2 is 2.21 bits per heavy atom. The molecule has 6 nitrogen and oxygen atoms in total. The Labute approximate surface area is 146 Å². The summed E-state index contributed by atoms with van der Waals surface area (Å²) in [6, 6.07) is 7.75. The van der Waals surface area contributed by atoms with Crippen molar-refractivity contribution >= 4 is 17.7 Å². The van der Waals surface area contributed by atoms with Gasteiger partial charge in [0.05, 0.1) is 5.75 Å². The molecule has 24 heavy (non-hydrogen) atoms. The van der Waals surface area contributed by atoms with E-state index in [9.17, 15) is 4.79 Å². The predicted octanol–water partition coefficient (Wildman–Crippen LogP) is 3.36. The van der Waals surface area contributed by atoms with Gasteiger partial charge in [0.25, 0.3) is 11.1 Å². The molecule has 0 aliphatic rings. The standard InChI is InChI=1S/C17H23N3O3S/c1-3-4-5-9-18-15(21)12-24-17-20-19-16(23-17)11-22-14-8-6-7-13(2)10-14/h6-8,10H,3-5,9,11-12H2,1-2H3,(H,18,21). The zero-order valence-electron chi connectivity index (χ0n) is 14.1. The molecular weight excluding hydrogens is 326 g/mol. The smallest absolute Gasteiger partial charge is 0.277 e. The number of hydrogen-bond donors (Lipinski definition) is 1. The third kappa shape index (κ3) is 6.62. The highest BCUT2D eigenvalue weighted by Gasteiger charge is 2.10. The molecule has 0 spiro atoms. The largest absolute Gasteiger partial charge is 0.484 e. The predicted molar refractivity (Wildman–Crippen MR) is 93.1 cm³/mol. The summed E-state index contributed by atoms with van der Waals surface area (Å²) in [5.41, 5.74) is 1.12. The number of thioether (sulfide) groups is 1. The maximum Gasteiger partial charge on any atom is 0.277 e. The van der Waals surface area contributed by atoms with Gasteiger partial charge >= 0.3 is 0 Å². The molecule has 0 aliphatic heterocycles. The van der Waals surface area contributed by atoms with E-state index >= 15 is 0 Å². The number of aryl methyl sites for hydroxylation is 1. The van der Waals surface area contributed by atoms with Crippen molar-refractivity contribution in [1.29, 1.82) is 0 Å². The van der Waals surface area contributed by atoms with Crippen molar-refractivity contribution in [1.82, 2.24) is 15.5 Å². The third-order valence-corrected chi connectivity index (χ3v) is 4.05. The van der Waals surface area contributed by atoms with Gasteiger partial charge in [-0.25, -0.2) is 0 Å². The van der Waals surface area contributed by atoms with Crippen LogP contribution in [-0.2, 0) is 11.4 Å². The van der Waals surface area contributed by atoms with E-state index < -0.39 is 0 Å². The molecule has 0 bridgehead atoms. The van der Waals surface area contributed by atoms with Crippen molar-refractivity contribution in [3.63, 3.8) is 0 Å². The molecule has 2 aromatic rings. The lowest BCUT2D eigenvalue weighted by atomic mass is 10.2. The van der Waals surface area contributed by atoms with Gasteiger partial charge in [-0.3, -0.25) is 4.79 Å². The van der Waals surface area contributed by atoms with E-state index in [1.807, 2.05) is 31.2 Å². The van der Waals surface area contributed by atoms with E-state index in [0.717, 1.165) is 30.6 Å². The second kappa shape index (κ2) is 9.97. The number of nitrogens with zero attached hydrogens (tertiary/aromatic N) is 2. The summed E-state index contributed by atoms with van der Waals surface area (Å²) in [7, 11) is 0. The lowest BCUT2D eigenvalue weighted by Gasteiger charge is -2.03. The van der Waals surface area contributed by atoms with Crippen LogP contribution in [0, 0.1) is 6.92 Å². The summed E-state index contributed by atoms with van der Waals surface area (Å²) in [6.45, 7) is 5.06. The lowest BCUT2D eigenvalue weighted by molar-refractivity contribution is -0.118. The Hall–Kier alpha value is -2.02. The fourth-order valence-electron chi connectivity index (χ4n) is 1.99. The first-order chi connectivity index (χ1) is 11.7. The average Bonchev–Trinajstić information content (AvgIpc) is 3.03. The number of hydrogen-bond acceptors (Lipinski definition) is 6. The highest BCUT2D eigenvalue weighted by Crippen LogP contribution is 2.18. The van der Waals surface area contributed by atoms with Gasteiger partial charge < -0.3 is 14.5 Å². The Bertz CT molecular complexity index is 646. The zero-order valence-corrected chi connectivity index (χ0v) is 14.9. The van der Waals surface area contributed by atoms with Crippen LogP contribution in [0.25, 0.3) is 0 Å². The van der Waals surface area contributed by atoms with Gasteiger partial charge in [0, 0.05) is 6.54 Å².